The van der Waals surface area contributed by atoms with Gasteiger partial charge in [-0.15, -0.1) is 0 Å². The maximum atomic E-state index is 13.5. The first-order chi connectivity index (χ1) is 19.6. The van der Waals surface area contributed by atoms with Crippen molar-refractivity contribution < 1.29 is 22.8 Å². The first-order valence-electron chi connectivity index (χ1n) is 12.1. The summed E-state index contributed by atoms with van der Waals surface area (Å²) >= 11 is 6.61. The summed E-state index contributed by atoms with van der Waals surface area (Å²) in [5.41, 5.74) is 5.71. The second-order valence-corrected chi connectivity index (χ2v) is 10.3. The Morgan fingerprint density at radius 2 is 1.95 bits per heavy atom. The molecule has 9 nitrogen and oxygen atoms in total. The number of nitrogens with two attached hydrogens (primary N) is 1. The Kier molecular flexibility index (Phi) is 7.99. The fourth-order valence-corrected chi connectivity index (χ4v) is 5.28. The normalized spacial score (nSPS) is 15.5. The lowest BCUT2D eigenvalue weighted by Crippen LogP contribution is -2.29. The van der Waals surface area contributed by atoms with Crippen LogP contribution in [0.4, 0.5) is 18.0 Å². The number of imidazole rings is 1. The molecule has 14 heteroatoms. The van der Waals surface area contributed by atoms with Crippen LogP contribution in [0.5, 0.6) is 0 Å². The van der Waals surface area contributed by atoms with E-state index in [4.69, 9.17) is 17.3 Å². The summed E-state index contributed by atoms with van der Waals surface area (Å²) in [5.74, 6) is 0.0624. The molecule has 1 aliphatic rings. The second kappa shape index (κ2) is 11.6. The number of rotatable bonds is 8. The third kappa shape index (κ3) is 6.20. The zero-order valence-electron chi connectivity index (χ0n) is 21.1. The van der Waals surface area contributed by atoms with Crippen molar-refractivity contribution in [2.45, 2.75) is 25.8 Å². The molecular formula is C27H21ClF3N7O2S. The Morgan fingerprint density at radius 1 is 1.12 bits per heavy atom. The largest absolute Gasteiger partial charge is 0.416 e. The number of aliphatic imine (C=N–C) groups is 1. The van der Waals surface area contributed by atoms with Gasteiger partial charge in [0.05, 0.1) is 41.8 Å². The number of carbonyl (C=O) groups is 2. The van der Waals surface area contributed by atoms with Gasteiger partial charge in [-0.3, -0.25) is 24.2 Å². The maximum Gasteiger partial charge on any atom is 0.416 e. The molecule has 2 aromatic carbocycles. The smallest absolute Gasteiger partial charge is 0.403 e. The molecule has 2 N–H and O–H groups in total. The number of thioether (sulfide) groups is 1. The highest BCUT2D eigenvalue weighted by molar-refractivity contribution is 8.18. The van der Waals surface area contributed by atoms with E-state index in [-0.39, 0.29) is 28.6 Å². The van der Waals surface area contributed by atoms with Crippen LogP contribution in [0, 0.1) is 0 Å². The van der Waals surface area contributed by atoms with Crippen molar-refractivity contribution in [3.63, 3.8) is 0 Å². The predicted molar refractivity (Wildman–Crippen MR) is 151 cm³/mol. The lowest BCUT2D eigenvalue weighted by molar-refractivity contribution is -0.138. The van der Waals surface area contributed by atoms with Crippen LogP contribution in [0.3, 0.4) is 0 Å². The molecule has 3 heterocycles. The highest BCUT2D eigenvalue weighted by Gasteiger charge is 2.36. The molecule has 5 rings (SSSR count). The summed E-state index contributed by atoms with van der Waals surface area (Å²) in [6, 6.07) is 8.81. The molecule has 2 amide bonds. The highest BCUT2D eigenvalue weighted by atomic mass is 35.5. The third-order valence-electron chi connectivity index (χ3n) is 6.19. The Labute approximate surface area is 240 Å². The van der Waals surface area contributed by atoms with E-state index in [0.29, 0.717) is 28.8 Å². The monoisotopic (exact) mass is 599 g/mol. The Balaban J connectivity index is 1.33. The van der Waals surface area contributed by atoms with Gasteiger partial charge in [0, 0.05) is 41.4 Å². The van der Waals surface area contributed by atoms with Gasteiger partial charge in [-0.25, -0.2) is 4.98 Å². The summed E-state index contributed by atoms with van der Waals surface area (Å²) in [7, 11) is 0. The molecule has 1 fully saturated rings. The molecule has 0 spiro atoms. The number of nitrogens with zero attached hydrogens (tertiary/aromatic N) is 6. The number of aromatic nitrogens is 4. The molecule has 0 radical (unpaired) electrons. The van der Waals surface area contributed by atoms with Crippen molar-refractivity contribution in [3.05, 3.63) is 99.8 Å². The lowest BCUT2D eigenvalue weighted by atomic mass is 10.1. The van der Waals surface area contributed by atoms with E-state index < -0.39 is 22.9 Å². The van der Waals surface area contributed by atoms with Crippen LogP contribution in [0.1, 0.15) is 22.5 Å². The second-order valence-electron chi connectivity index (χ2n) is 8.86. The van der Waals surface area contributed by atoms with E-state index >= 15 is 0 Å². The Bertz CT molecular complexity index is 1730. The molecule has 1 saturated heterocycles. The van der Waals surface area contributed by atoms with Gasteiger partial charge < -0.3 is 10.3 Å². The summed E-state index contributed by atoms with van der Waals surface area (Å²) < 4.78 is 43.8. The van der Waals surface area contributed by atoms with Gasteiger partial charge in [-0.1, -0.05) is 23.7 Å². The zero-order chi connectivity index (χ0) is 29.1. The van der Waals surface area contributed by atoms with Gasteiger partial charge >= 0.3 is 6.18 Å². The van der Waals surface area contributed by atoms with Crippen LogP contribution in [-0.4, -0.2) is 41.6 Å². The van der Waals surface area contributed by atoms with Gasteiger partial charge in [-0.2, -0.15) is 18.3 Å². The van der Waals surface area contributed by atoms with Gasteiger partial charge in [0.15, 0.2) is 0 Å². The number of hydrogen-bond acceptors (Lipinski definition) is 7. The standard InChI is InChI=1S/C27H21ClF3N7O2S/c28-20-3-2-18(21(13-20)27(29,30)31)15-38-22-4-1-17(11-19(22)14-35-38)12-23-25(39)37(26(40)41-23)16-24-34-8-10-36(24)9-7-33-6-5-32/h1-8,10-14H,9,15-16,32H2/b6-5-,23-12-,33-7?. The van der Waals surface area contributed by atoms with Gasteiger partial charge in [0.2, 0.25) is 0 Å². The molecule has 210 valence electrons. The molecule has 0 atom stereocenters. The van der Waals surface area contributed by atoms with E-state index in [1.54, 1.807) is 47.5 Å². The molecule has 2 aromatic heterocycles. The predicted octanol–water partition coefficient (Wildman–Crippen LogP) is 5.69. The molecule has 0 bridgehead atoms. The fourth-order valence-electron chi connectivity index (χ4n) is 4.27. The number of carbonyl (C=O) groups excluding carboxylic acids is 2. The van der Waals surface area contributed by atoms with Crippen molar-refractivity contribution in [1.29, 1.82) is 0 Å². The van der Waals surface area contributed by atoms with Crippen molar-refractivity contribution in [2.24, 2.45) is 10.7 Å². The summed E-state index contributed by atoms with van der Waals surface area (Å²) in [4.78, 5) is 35.3. The van der Waals surface area contributed by atoms with Crippen molar-refractivity contribution in [1.82, 2.24) is 24.2 Å². The lowest BCUT2D eigenvalue weighted by Gasteiger charge is -2.14. The van der Waals surface area contributed by atoms with E-state index in [0.717, 1.165) is 22.7 Å². The number of halogens is 4. The number of benzene rings is 2. The average molecular weight is 600 g/mol. The van der Waals surface area contributed by atoms with Crippen LogP contribution in [-0.2, 0) is 30.6 Å². The summed E-state index contributed by atoms with van der Waals surface area (Å²) in [6.45, 7) is 0.264. The minimum absolute atomic E-state index is 0.00359. The van der Waals surface area contributed by atoms with Crippen LogP contribution in [0.15, 0.2) is 77.3 Å². The van der Waals surface area contributed by atoms with Crippen molar-refractivity contribution in [3.8, 4) is 0 Å². The van der Waals surface area contributed by atoms with E-state index in [9.17, 15) is 22.8 Å². The fraction of sp³-hybridized carbons (Fsp3) is 0.148. The van der Waals surface area contributed by atoms with Gasteiger partial charge in [0.1, 0.15) is 5.82 Å². The first-order valence-corrected chi connectivity index (χ1v) is 13.3. The maximum absolute atomic E-state index is 13.5. The van der Waals surface area contributed by atoms with E-state index in [1.165, 1.54) is 35.4 Å². The Hall–Kier alpha value is -4.36. The number of amides is 2. The minimum Gasteiger partial charge on any atom is -0.403 e. The van der Waals surface area contributed by atoms with E-state index in [1.807, 2.05) is 0 Å². The topological polar surface area (TPSA) is 111 Å². The van der Waals surface area contributed by atoms with Crippen LogP contribution < -0.4 is 5.73 Å². The number of hydrogen-bond donors (Lipinski definition) is 1. The molecule has 1 aliphatic heterocycles. The zero-order valence-corrected chi connectivity index (χ0v) is 22.7. The van der Waals surface area contributed by atoms with Crippen molar-refractivity contribution >= 4 is 57.7 Å². The van der Waals surface area contributed by atoms with Crippen LogP contribution >= 0.6 is 23.4 Å². The Morgan fingerprint density at radius 3 is 2.73 bits per heavy atom. The summed E-state index contributed by atoms with van der Waals surface area (Å²) in [5, 5.41) is 4.50. The molecule has 0 saturated carbocycles. The van der Waals surface area contributed by atoms with Gasteiger partial charge in [0.25, 0.3) is 11.1 Å². The molecule has 4 aromatic rings. The molecule has 0 aliphatic carbocycles. The quantitative estimate of drug-likeness (QED) is 0.206. The minimum atomic E-state index is -4.56. The van der Waals surface area contributed by atoms with E-state index in [2.05, 4.69) is 15.1 Å². The first kappa shape index (κ1) is 28.2. The average Bonchev–Trinajstić information content (AvgIpc) is 3.61. The highest BCUT2D eigenvalue weighted by Crippen LogP contribution is 2.35. The molecular weight excluding hydrogens is 579 g/mol. The van der Waals surface area contributed by atoms with Crippen LogP contribution in [0.25, 0.3) is 17.0 Å². The van der Waals surface area contributed by atoms with Crippen LogP contribution in [0.2, 0.25) is 5.02 Å². The van der Waals surface area contributed by atoms with Crippen molar-refractivity contribution in [2.75, 3.05) is 0 Å². The number of alkyl halides is 3. The molecule has 0 unspecified atom stereocenters. The summed E-state index contributed by atoms with van der Waals surface area (Å²) in [6.07, 6.45) is 6.21. The van der Waals surface area contributed by atoms with Gasteiger partial charge in [-0.05, 0) is 53.2 Å². The molecule has 41 heavy (non-hydrogen) atoms. The third-order valence-corrected chi connectivity index (χ3v) is 7.33. The SMILES string of the molecule is N/C=C\N=CCn1ccnc1CN1C(=O)S/C(=C\c2ccc3c(cnn3Cc3ccc(Cl)cc3C(F)(F)F)c2)C1=O. The number of imide groups is 1. The number of fused-ring (bicyclic) bond motifs is 1.